The van der Waals surface area contributed by atoms with Gasteiger partial charge in [-0.1, -0.05) is 112 Å². The molecule has 8 aromatic rings. The number of hydrogen-bond donors (Lipinski definition) is 0. The fourth-order valence-electron chi connectivity index (χ4n) is 7.30. The Morgan fingerprint density at radius 1 is 0.698 bits per heavy atom. The molecular weight excluding hydrogens is 827 g/mol. The van der Waals surface area contributed by atoms with Crippen molar-refractivity contribution in [3.05, 3.63) is 168 Å². The van der Waals surface area contributed by atoms with Gasteiger partial charge in [0.15, 0.2) is 0 Å². The summed E-state index contributed by atoms with van der Waals surface area (Å²) in [5.41, 5.74) is 13.9. The summed E-state index contributed by atoms with van der Waals surface area (Å²) < 4.78 is 6.58. The molecule has 0 unspecified atom stereocenters. The number of aromatic nitrogens is 2. The zero-order valence-electron chi connectivity index (χ0n) is 30.3. The van der Waals surface area contributed by atoms with E-state index in [-0.39, 0.29) is 30.9 Å². The Morgan fingerprint density at radius 2 is 1.47 bits per heavy atom. The van der Waals surface area contributed by atoms with E-state index in [1.54, 1.807) is 6.20 Å². The second-order valence-electron chi connectivity index (χ2n) is 14.8. The van der Waals surface area contributed by atoms with Crippen LogP contribution in [0.25, 0.3) is 66.7 Å². The topological polar surface area (TPSA) is 62.7 Å². The van der Waals surface area contributed by atoms with Crippen molar-refractivity contribution in [3.63, 3.8) is 0 Å². The molecular formula is C48H37IrN3O-2. The number of benzene rings is 5. The molecule has 1 aliphatic rings. The van der Waals surface area contributed by atoms with Gasteiger partial charge in [0.2, 0.25) is 0 Å². The number of furan rings is 1. The van der Waals surface area contributed by atoms with Gasteiger partial charge >= 0.3 is 0 Å². The molecule has 0 saturated heterocycles. The van der Waals surface area contributed by atoms with E-state index >= 15 is 0 Å². The molecule has 0 spiro atoms. The fraction of sp³-hybridized carbons (Fsp3) is 0.146. The van der Waals surface area contributed by atoms with Crippen molar-refractivity contribution < 1.29 is 24.5 Å². The largest absolute Gasteiger partial charge is 0.500 e. The van der Waals surface area contributed by atoms with Gasteiger partial charge in [-0.2, -0.15) is 5.26 Å². The first kappa shape index (κ1) is 35.7. The molecule has 0 atom stereocenters. The van der Waals surface area contributed by atoms with Gasteiger partial charge in [0.1, 0.15) is 5.58 Å². The number of rotatable bonds is 3. The first-order chi connectivity index (χ1) is 25.1. The molecule has 5 aromatic carbocycles. The third-order valence-electron chi connectivity index (χ3n) is 10.1. The van der Waals surface area contributed by atoms with Crippen LogP contribution in [0.1, 0.15) is 56.9 Å². The second kappa shape index (κ2) is 14.1. The summed E-state index contributed by atoms with van der Waals surface area (Å²) >= 11 is 0. The van der Waals surface area contributed by atoms with Gasteiger partial charge in [-0.3, -0.25) is 0 Å². The van der Waals surface area contributed by atoms with Crippen molar-refractivity contribution in [3.8, 4) is 50.8 Å². The predicted octanol–water partition coefficient (Wildman–Crippen LogP) is 12.1. The molecule has 1 aliphatic carbocycles. The van der Waals surface area contributed by atoms with E-state index in [4.69, 9.17) is 4.42 Å². The number of nitriles is 1. The number of nitrogens with zero attached hydrogens (tertiary/aromatic N) is 3. The molecule has 3 aromatic heterocycles. The Morgan fingerprint density at radius 3 is 2.19 bits per heavy atom. The first-order valence-corrected chi connectivity index (χ1v) is 17.5. The minimum atomic E-state index is -0.127. The Hall–Kier alpha value is -5.66. The van der Waals surface area contributed by atoms with Crippen LogP contribution in [0.3, 0.4) is 0 Å². The molecule has 3 heterocycles. The van der Waals surface area contributed by atoms with E-state index in [9.17, 15) is 5.26 Å². The maximum Gasteiger partial charge on any atom is 0.130 e. The van der Waals surface area contributed by atoms with Crippen LogP contribution in [0.15, 0.2) is 138 Å². The summed E-state index contributed by atoms with van der Waals surface area (Å²) in [5, 5.41) is 12.0. The molecule has 0 N–H and O–H groups in total. The first-order valence-electron chi connectivity index (χ1n) is 17.5. The maximum atomic E-state index is 10.1. The van der Waals surface area contributed by atoms with Gasteiger partial charge in [-0.05, 0) is 68.4 Å². The minimum Gasteiger partial charge on any atom is -0.500 e. The quantitative estimate of drug-likeness (QED) is 0.166. The molecule has 0 fully saturated rings. The zero-order valence-corrected chi connectivity index (χ0v) is 32.7. The third-order valence-corrected chi connectivity index (χ3v) is 10.1. The van der Waals surface area contributed by atoms with E-state index in [0.717, 1.165) is 50.0 Å². The Labute approximate surface area is 324 Å². The summed E-state index contributed by atoms with van der Waals surface area (Å²) in [4.78, 5) is 9.00. The third kappa shape index (κ3) is 6.40. The summed E-state index contributed by atoms with van der Waals surface area (Å²) in [6, 6.07) is 49.8. The van der Waals surface area contributed by atoms with Crippen LogP contribution >= 0.6 is 0 Å². The molecule has 261 valence electrons. The number of fused-ring (bicyclic) bond motifs is 6. The van der Waals surface area contributed by atoms with Gasteiger partial charge in [-0.25, -0.2) is 0 Å². The van der Waals surface area contributed by atoms with Gasteiger partial charge < -0.3 is 14.4 Å². The summed E-state index contributed by atoms with van der Waals surface area (Å²) in [5.74, 6) is 0. The van der Waals surface area contributed by atoms with Gasteiger partial charge in [0.05, 0.1) is 17.2 Å². The smallest absolute Gasteiger partial charge is 0.130 e. The van der Waals surface area contributed by atoms with Crippen LogP contribution in [0.5, 0.6) is 0 Å². The second-order valence-corrected chi connectivity index (χ2v) is 14.8. The van der Waals surface area contributed by atoms with E-state index in [2.05, 4.69) is 117 Å². The van der Waals surface area contributed by atoms with Crippen LogP contribution in [-0.2, 0) is 30.9 Å². The van der Waals surface area contributed by atoms with Crippen molar-refractivity contribution in [1.29, 1.82) is 5.26 Å². The Bertz CT molecular complexity index is 2630. The van der Waals surface area contributed by atoms with Gasteiger partial charge in [-0.15, -0.1) is 54.1 Å². The van der Waals surface area contributed by atoms with E-state index in [0.29, 0.717) is 11.1 Å². The minimum absolute atomic E-state index is 0. The van der Waals surface area contributed by atoms with Crippen LogP contribution in [-0.4, -0.2) is 9.97 Å². The monoisotopic (exact) mass is 864 g/mol. The van der Waals surface area contributed by atoms with Crippen molar-refractivity contribution in [2.75, 3.05) is 0 Å². The molecule has 1 radical (unpaired) electrons. The van der Waals surface area contributed by atoms with Crippen LogP contribution in [0, 0.1) is 23.5 Å². The molecule has 4 nitrogen and oxygen atoms in total. The average molecular weight is 864 g/mol. The molecule has 0 aliphatic heterocycles. The van der Waals surface area contributed by atoms with Crippen LogP contribution in [0.2, 0.25) is 0 Å². The summed E-state index contributed by atoms with van der Waals surface area (Å²) in [7, 11) is 0. The van der Waals surface area contributed by atoms with Crippen LogP contribution < -0.4 is 0 Å². The fourth-order valence-corrected chi connectivity index (χ4v) is 7.30. The average Bonchev–Trinajstić information content (AvgIpc) is 3.67. The Kier molecular flexibility index (Phi) is 9.47. The van der Waals surface area contributed by atoms with E-state index < -0.39 is 0 Å². The molecule has 0 saturated carbocycles. The molecule has 0 amide bonds. The van der Waals surface area contributed by atoms with Crippen LogP contribution in [0.4, 0.5) is 0 Å². The summed E-state index contributed by atoms with van der Waals surface area (Å²) in [6.45, 7) is 11.1. The number of pyridine rings is 2. The molecule has 5 heteroatoms. The van der Waals surface area contributed by atoms with Crippen molar-refractivity contribution in [2.24, 2.45) is 0 Å². The molecule has 9 rings (SSSR count). The van der Waals surface area contributed by atoms with Gasteiger partial charge in [0.25, 0.3) is 0 Å². The number of hydrogen-bond acceptors (Lipinski definition) is 4. The SMILES string of the molecule is CC(C)(C)c1ccc(-c2[c-]cccc2)nc1.CC1(C)c2ccccc2-c2ccc(-c3c(C#N)ccc4c3oc3c(-c5ccccn5)[c-]ccc34)cc21.[Ir]. The normalized spacial score (nSPS) is 12.6. The molecule has 0 bridgehead atoms. The Balaban J connectivity index is 0.000000216. The maximum absolute atomic E-state index is 10.1. The van der Waals surface area contributed by atoms with Gasteiger partial charge in [0, 0.05) is 48.9 Å². The van der Waals surface area contributed by atoms with Crippen molar-refractivity contribution in [1.82, 2.24) is 9.97 Å². The standard InChI is InChI=1S/C33H21N2O.C15H16N.Ir/c1-33(2)27-11-4-3-8-22(27)23-15-13-20(18-28(23)33)30-21(19-34)14-16-25-24-9-7-10-26(31(24)36-32(25)30)29-12-5-6-17-35-29;1-15(2,3)13-9-10-14(16-11-13)12-7-5-4-6-8-12;/h3-9,11-18H,1-2H3;4-7,9-11H,1-3H3;/q2*-1;. The molecule has 53 heavy (non-hydrogen) atoms. The van der Waals surface area contributed by atoms with E-state index in [1.165, 1.54) is 27.8 Å². The van der Waals surface area contributed by atoms with Crippen molar-refractivity contribution in [2.45, 2.75) is 45.4 Å². The predicted molar refractivity (Wildman–Crippen MR) is 211 cm³/mol. The summed E-state index contributed by atoms with van der Waals surface area (Å²) in [6.07, 6.45) is 3.73. The van der Waals surface area contributed by atoms with E-state index in [1.807, 2.05) is 72.9 Å². The van der Waals surface area contributed by atoms with Crippen molar-refractivity contribution >= 4 is 21.9 Å². The zero-order chi connectivity index (χ0) is 36.0.